The summed E-state index contributed by atoms with van der Waals surface area (Å²) in [5.41, 5.74) is 1.00. The van der Waals surface area contributed by atoms with Gasteiger partial charge >= 0.3 is 6.09 Å². The SMILES string of the molecule is CCSCC(C)CNC(=O)OCc1ccccc1. The van der Waals surface area contributed by atoms with Crippen molar-refractivity contribution in [1.29, 1.82) is 0 Å². The van der Waals surface area contributed by atoms with E-state index in [1.807, 2.05) is 42.1 Å². The van der Waals surface area contributed by atoms with Crippen LogP contribution in [0.4, 0.5) is 4.79 Å². The van der Waals surface area contributed by atoms with E-state index in [9.17, 15) is 4.79 Å². The lowest BCUT2D eigenvalue weighted by molar-refractivity contribution is 0.138. The van der Waals surface area contributed by atoms with Gasteiger partial charge in [-0.05, 0) is 23.0 Å². The Balaban J connectivity index is 2.14. The Hall–Kier alpha value is -1.16. The highest BCUT2D eigenvalue weighted by Gasteiger charge is 2.06. The van der Waals surface area contributed by atoms with E-state index < -0.39 is 0 Å². The molecule has 0 spiro atoms. The van der Waals surface area contributed by atoms with Crippen molar-refractivity contribution in [3.05, 3.63) is 35.9 Å². The highest BCUT2D eigenvalue weighted by atomic mass is 32.2. The maximum atomic E-state index is 11.5. The standard InChI is InChI=1S/C14H21NO2S/c1-3-18-11-12(2)9-15-14(16)17-10-13-7-5-4-6-8-13/h4-8,12H,3,9-11H2,1-2H3,(H,15,16). The molecule has 0 aliphatic rings. The lowest BCUT2D eigenvalue weighted by Gasteiger charge is -2.12. The van der Waals surface area contributed by atoms with Gasteiger partial charge in [0.1, 0.15) is 6.61 Å². The largest absolute Gasteiger partial charge is 0.445 e. The summed E-state index contributed by atoms with van der Waals surface area (Å²) in [4.78, 5) is 11.5. The minimum absolute atomic E-state index is 0.324. The van der Waals surface area contributed by atoms with Crippen LogP contribution in [0.5, 0.6) is 0 Å². The molecule has 1 unspecified atom stereocenters. The molecule has 1 aromatic carbocycles. The summed E-state index contributed by atoms with van der Waals surface area (Å²) in [5, 5.41) is 2.79. The van der Waals surface area contributed by atoms with Crippen LogP contribution in [-0.2, 0) is 11.3 Å². The van der Waals surface area contributed by atoms with Gasteiger partial charge in [0.2, 0.25) is 0 Å². The van der Waals surface area contributed by atoms with Crippen LogP contribution in [0.2, 0.25) is 0 Å². The second kappa shape index (κ2) is 8.86. The molecule has 1 aromatic rings. The van der Waals surface area contributed by atoms with Gasteiger partial charge in [-0.1, -0.05) is 44.2 Å². The molecule has 0 aliphatic carbocycles. The van der Waals surface area contributed by atoms with E-state index in [0.29, 0.717) is 19.1 Å². The zero-order valence-electron chi connectivity index (χ0n) is 11.0. The number of hydrogen-bond acceptors (Lipinski definition) is 3. The van der Waals surface area contributed by atoms with Gasteiger partial charge in [0.25, 0.3) is 0 Å². The molecule has 0 fully saturated rings. The second-order valence-electron chi connectivity index (χ2n) is 4.21. The Bertz CT molecular complexity index is 343. The molecule has 0 radical (unpaired) electrons. The molecule has 18 heavy (non-hydrogen) atoms. The maximum absolute atomic E-state index is 11.5. The first-order valence-electron chi connectivity index (χ1n) is 6.24. The number of hydrogen-bond donors (Lipinski definition) is 1. The summed E-state index contributed by atoms with van der Waals surface area (Å²) < 4.78 is 5.13. The van der Waals surface area contributed by atoms with E-state index in [0.717, 1.165) is 17.1 Å². The molecule has 0 saturated heterocycles. The van der Waals surface area contributed by atoms with Crippen molar-refractivity contribution < 1.29 is 9.53 Å². The molecule has 100 valence electrons. The van der Waals surface area contributed by atoms with E-state index in [1.54, 1.807) is 0 Å². The third kappa shape index (κ3) is 6.55. The number of rotatable bonds is 7. The van der Waals surface area contributed by atoms with Crippen LogP contribution in [0.25, 0.3) is 0 Å². The fraction of sp³-hybridized carbons (Fsp3) is 0.500. The van der Waals surface area contributed by atoms with E-state index in [4.69, 9.17) is 4.74 Å². The summed E-state index contributed by atoms with van der Waals surface area (Å²) in [6.07, 6.45) is -0.341. The molecule has 0 heterocycles. The minimum Gasteiger partial charge on any atom is -0.445 e. The molecule has 1 rings (SSSR count). The van der Waals surface area contributed by atoms with Crippen LogP contribution >= 0.6 is 11.8 Å². The highest BCUT2D eigenvalue weighted by molar-refractivity contribution is 7.99. The van der Waals surface area contributed by atoms with Gasteiger partial charge in [-0.15, -0.1) is 0 Å². The molecule has 0 bridgehead atoms. The van der Waals surface area contributed by atoms with Crippen molar-refractivity contribution in [2.24, 2.45) is 5.92 Å². The van der Waals surface area contributed by atoms with Gasteiger partial charge in [0, 0.05) is 6.54 Å². The number of benzene rings is 1. The Morgan fingerprint density at radius 2 is 2.11 bits per heavy atom. The number of thioether (sulfide) groups is 1. The average molecular weight is 267 g/mol. The maximum Gasteiger partial charge on any atom is 0.407 e. The normalized spacial score (nSPS) is 11.9. The summed E-state index contributed by atoms with van der Waals surface area (Å²) in [6, 6.07) is 9.68. The first-order valence-corrected chi connectivity index (χ1v) is 7.40. The van der Waals surface area contributed by atoms with Gasteiger partial charge in [-0.3, -0.25) is 0 Å². The van der Waals surface area contributed by atoms with Crippen molar-refractivity contribution in [2.45, 2.75) is 20.5 Å². The van der Waals surface area contributed by atoms with Gasteiger partial charge in [-0.2, -0.15) is 11.8 Å². The molecular weight excluding hydrogens is 246 g/mol. The van der Waals surface area contributed by atoms with E-state index in [1.165, 1.54) is 0 Å². The zero-order valence-corrected chi connectivity index (χ0v) is 11.8. The van der Waals surface area contributed by atoms with E-state index in [-0.39, 0.29) is 6.09 Å². The predicted molar refractivity (Wildman–Crippen MR) is 76.8 cm³/mol. The Labute approximate surface area is 113 Å². The molecule has 0 aromatic heterocycles. The van der Waals surface area contributed by atoms with Gasteiger partial charge in [0.15, 0.2) is 0 Å². The molecule has 0 aliphatic heterocycles. The van der Waals surface area contributed by atoms with Crippen molar-refractivity contribution in [2.75, 3.05) is 18.1 Å². The smallest absolute Gasteiger partial charge is 0.407 e. The number of carbonyl (C=O) groups excluding carboxylic acids is 1. The lowest BCUT2D eigenvalue weighted by Crippen LogP contribution is -2.29. The lowest BCUT2D eigenvalue weighted by atomic mass is 10.2. The Morgan fingerprint density at radius 1 is 1.39 bits per heavy atom. The fourth-order valence-electron chi connectivity index (χ4n) is 1.41. The van der Waals surface area contributed by atoms with Gasteiger partial charge < -0.3 is 10.1 Å². The monoisotopic (exact) mass is 267 g/mol. The Morgan fingerprint density at radius 3 is 2.78 bits per heavy atom. The molecule has 1 atom stereocenters. The van der Waals surface area contributed by atoms with E-state index in [2.05, 4.69) is 19.2 Å². The fourth-order valence-corrected chi connectivity index (χ4v) is 2.17. The molecule has 1 N–H and O–H groups in total. The number of amides is 1. The van der Waals surface area contributed by atoms with Crippen LogP contribution in [0.1, 0.15) is 19.4 Å². The summed E-state index contributed by atoms with van der Waals surface area (Å²) >= 11 is 1.89. The third-order valence-electron chi connectivity index (χ3n) is 2.41. The first kappa shape index (κ1) is 14.9. The molecule has 3 nitrogen and oxygen atoms in total. The van der Waals surface area contributed by atoms with Crippen molar-refractivity contribution in [1.82, 2.24) is 5.32 Å². The topological polar surface area (TPSA) is 38.3 Å². The Kier molecular flexibility index (Phi) is 7.34. The first-order chi connectivity index (χ1) is 8.72. The summed E-state index contributed by atoms with van der Waals surface area (Å²) in [5.74, 6) is 2.65. The van der Waals surface area contributed by atoms with Crippen LogP contribution < -0.4 is 5.32 Å². The number of alkyl carbamates (subject to hydrolysis) is 1. The zero-order chi connectivity index (χ0) is 13.2. The molecule has 1 amide bonds. The second-order valence-corrected chi connectivity index (χ2v) is 5.53. The van der Waals surface area contributed by atoms with Crippen molar-refractivity contribution in [3.63, 3.8) is 0 Å². The van der Waals surface area contributed by atoms with Gasteiger partial charge in [-0.25, -0.2) is 4.79 Å². The summed E-state index contributed by atoms with van der Waals surface area (Å²) in [6.45, 7) is 5.25. The molecule has 0 saturated carbocycles. The quantitative estimate of drug-likeness (QED) is 0.823. The van der Waals surface area contributed by atoms with E-state index >= 15 is 0 Å². The van der Waals surface area contributed by atoms with Crippen LogP contribution in [0.15, 0.2) is 30.3 Å². The predicted octanol–water partition coefficient (Wildman–Crippen LogP) is 3.30. The highest BCUT2D eigenvalue weighted by Crippen LogP contribution is 2.06. The van der Waals surface area contributed by atoms with Gasteiger partial charge in [0.05, 0.1) is 0 Å². The van der Waals surface area contributed by atoms with Crippen LogP contribution in [-0.4, -0.2) is 24.1 Å². The van der Waals surface area contributed by atoms with Crippen molar-refractivity contribution >= 4 is 17.9 Å². The van der Waals surface area contributed by atoms with Crippen molar-refractivity contribution in [3.8, 4) is 0 Å². The summed E-state index contributed by atoms with van der Waals surface area (Å²) in [7, 11) is 0. The minimum atomic E-state index is -0.341. The van der Waals surface area contributed by atoms with Crippen LogP contribution in [0, 0.1) is 5.92 Å². The number of nitrogens with one attached hydrogen (secondary N) is 1. The van der Waals surface area contributed by atoms with Crippen LogP contribution in [0.3, 0.4) is 0 Å². The molecule has 4 heteroatoms. The number of ether oxygens (including phenoxy) is 1. The third-order valence-corrected chi connectivity index (χ3v) is 3.63. The molecular formula is C14H21NO2S. The number of carbonyl (C=O) groups is 1. The average Bonchev–Trinajstić information content (AvgIpc) is 2.41.